The highest BCUT2D eigenvalue weighted by atomic mass is 79.9. The molecule has 1 aliphatic rings. The van der Waals surface area contributed by atoms with Crippen LogP contribution in [0, 0.1) is 11.8 Å². The molecule has 1 heterocycles. The number of halogens is 1. The predicted molar refractivity (Wildman–Crippen MR) is 74.8 cm³/mol. The highest BCUT2D eigenvalue weighted by Gasteiger charge is 2.35. The molecular formula is C13H20BrNS. The Balaban J connectivity index is 2.10. The highest BCUT2D eigenvalue weighted by molar-refractivity contribution is 9.10. The number of rotatable bonds is 2. The van der Waals surface area contributed by atoms with Crippen LogP contribution in [-0.2, 0) is 6.42 Å². The Hall–Kier alpha value is 0.140. The van der Waals surface area contributed by atoms with Crippen LogP contribution in [0.1, 0.15) is 38.0 Å². The summed E-state index contributed by atoms with van der Waals surface area (Å²) in [5.41, 5.74) is 6.60. The molecule has 1 aliphatic carbocycles. The van der Waals surface area contributed by atoms with Crippen molar-refractivity contribution in [3.05, 3.63) is 20.8 Å². The van der Waals surface area contributed by atoms with Gasteiger partial charge in [0.15, 0.2) is 0 Å². The molecule has 0 spiro atoms. The van der Waals surface area contributed by atoms with Gasteiger partial charge in [-0.05, 0) is 58.5 Å². The molecule has 0 aliphatic heterocycles. The smallest absolute Gasteiger partial charge is 0.0315 e. The molecule has 1 aromatic heterocycles. The molecule has 1 aromatic rings. The summed E-state index contributed by atoms with van der Waals surface area (Å²) >= 11 is 5.42. The zero-order valence-corrected chi connectivity index (χ0v) is 12.4. The largest absolute Gasteiger partial charge is 0.325 e. The second kappa shape index (κ2) is 4.79. The molecule has 3 heteroatoms. The zero-order valence-electron chi connectivity index (χ0n) is 10.0. The van der Waals surface area contributed by atoms with Crippen molar-refractivity contribution in [1.82, 2.24) is 0 Å². The Bertz CT molecular complexity index is 351. The number of thiophene rings is 1. The number of hydrogen-bond acceptors (Lipinski definition) is 2. The fourth-order valence-electron chi connectivity index (χ4n) is 3.24. The zero-order chi connectivity index (χ0) is 11.8. The van der Waals surface area contributed by atoms with Gasteiger partial charge in [0.1, 0.15) is 0 Å². The standard InChI is InChI=1S/C13H20BrNS/c1-9-5-10(2)7-13(15,6-9)8-12-11(14)3-4-16-12/h3-4,9-10H,5-8,15H2,1-2H3. The van der Waals surface area contributed by atoms with Crippen LogP contribution >= 0.6 is 27.3 Å². The van der Waals surface area contributed by atoms with Crippen molar-refractivity contribution >= 4 is 27.3 Å². The van der Waals surface area contributed by atoms with Crippen molar-refractivity contribution in [1.29, 1.82) is 0 Å². The van der Waals surface area contributed by atoms with E-state index in [1.54, 1.807) is 0 Å². The summed E-state index contributed by atoms with van der Waals surface area (Å²) in [7, 11) is 0. The van der Waals surface area contributed by atoms with E-state index in [1.165, 1.54) is 28.6 Å². The monoisotopic (exact) mass is 301 g/mol. The quantitative estimate of drug-likeness (QED) is 0.870. The molecule has 0 saturated heterocycles. The van der Waals surface area contributed by atoms with Crippen LogP contribution in [0.3, 0.4) is 0 Å². The molecule has 1 fully saturated rings. The van der Waals surface area contributed by atoms with Gasteiger partial charge in [-0.3, -0.25) is 0 Å². The van der Waals surface area contributed by atoms with E-state index in [1.807, 2.05) is 11.3 Å². The van der Waals surface area contributed by atoms with Crippen LogP contribution in [0.15, 0.2) is 15.9 Å². The third-order valence-electron chi connectivity index (χ3n) is 3.52. The fraction of sp³-hybridized carbons (Fsp3) is 0.692. The summed E-state index contributed by atoms with van der Waals surface area (Å²) in [5.74, 6) is 1.54. The van der Waals surface area contributed by atoms with Crippen LogP contribution < -0.4 is 5.73 Å². The van der Waals surface area contributed by atoms with Gasteiger partial charge in [-0.25, -0.2) is 0 Å². The lowest BCUT2D eigenvalue weighted by atomic mass is 9.70. The molecule has 0 amide bonds. The molecule has 2 atom stereocenters. The molecule has 1 nitrogen and oxygen atoms in total. The third-order valence-corrected chi connectivity index (χ3v) is 5.44. The normalized spacial score (nSPS) is 35.2. The van der Waals surface area contributed by atoms with Crippen molar-refractivity contribution < 1.29 is 0 Å². The van der Waals surface area contributed by atoms with E-state index in [4.69, 9.17) is 5.73 Å². The fourth-order valence-corrected chi connectivity index (χ4v) is 4.89. The summed E-state index contributed by atoms with van der Waals surface area (Å²) in [5, 5.41) is 2.14. The van der Waals surface area contributed by atoms with E-state index in [2.05, 4.69) is 41.2 Å². The van der Waals surface area contributed by atoms with Crippen LogP contribution in [-0.4, -0.2) is 5.54 Å². The van der Waals surface area contributed by atoms with Crippen molar-refractivity contribution in [3.8, 4) is 0 Å². The van der Waals surface area contributed by atoms with Crippen LogP contribution in [0.25, 0.3) is 0 Å². The Morgan fingerprint density at radius 3 is 2.56 bits per heavy atom. The average molecular weight is 302 g/mol. The molecule has 1 saturated carbocycles. The summed E-state index contributed by atoms with van der Waals surface area (Å²) in [6.45, 7) is 4.67. The van der Waals surface area contributed by atoms with E-state index < -0.39 is 0 Å². The third kappa shape index (κ3) is 2.88. The minimum Gasteiger partial charge on any atom is -0.325 e. The van der Waals surface area contributed by atoms with Gasteiger partial charge in [-0.2, -0.15) is 0 Å². The number of hydrogen-bond donors (Lipinski definition) is 1. The van der Waals surface area contributed by atoms with Crippen molar-refractivity contribution in [2.24, 2.45) is 17.6 Å². The topological polar surface area (TPSA) is 26.0 Å². The van der Waals surface area contributed by atoms with Gasteiger partial charge in [-0.1, -0.05) is 13.8 Å². The molecule has 0 bridgehead atoms. The molecule has 2 rings (SSSR count). The molecule has 90 valence electrons. The average Bonchev–Trinajstić information content (AvgIpc) is 2.48. The van der Waals surface area contributed by atoms with Gasteiger partial charge in [0.25, 0.3) is 0 Å². The minimum atomic E-state index is 0.0183. The minimum absolute atomic E-state index is 0.0183. The Morgan fingerprint density at radius 2 is 2.06 bits per heavy atom. The second-order valence-electron chi connectivity index (χ2n) is 5.59. The summed E-state index contributed by atoms with van der Waals surface area (Å²) < 4.78 is 1.23. The molecular weight excluding hydrogens is 282 g/mol. The summed E-state index contributed by atoms with van der Waals surface area (Å²) in [6, 6.07) is 2.12. The van der Waals surface area contributed by atoms with E-state index >= 15 is 0 Å². The maximum atomic E-state index is 6.59. The molecule has 0 aromatic carbocycles. The maximum absolute atomic E-state index is 6.59. The molecule has 0 radical (unpaired) electrons. The number of nitrogens with two attached hydrogens (primary N) is 1. The van der Waals surface area contributed by atoms with Crippen LogP contribution in [0.4, 0.5) is 0 Å². The van der Waals surface area contributed by atoms with E-state index in [-0.39, 0.29) is 5.54 Å². The predicted octanol–water partition coefficient (Wildman–Crippen LogP) is 4.21. The highest BCUT2D eigenvalue weighted by Crippen LogP contribution is 2.38. The first-order chi connectivity index (χ1) is 7.48. The lowest BCUT2D eigenvalue weighted by molar-refractivity contribution is 0.183. The van der Waals surface area contributed by atoms with Crippen molar-refractivity contribution in [3.63, 3.8) is 0 Å². The summed E-state index contributed by atoms with van der Waals surface area (Å²) in [4.78, 5) is 1.41. The van der Waals surface area contributed by atoms with Crippen molar-refractivity contribution in [2.75, 3.05) is 0 Å². The van der Waals surface area contributed by atoms with Crippen LogP contribution in [0.2, 0.25) is 0 Å². The van der Waals surface area contributed by atoms with Gasteiger partial charge in [0.05, 0.1) is 0 Å². The SMILES string of the molecule is CC1CC(C)CC(N)(Cc2sccc2Br)C1. The van der Waals surface area contributed by atoms with Gasteiger partial charge < -0.3 is 5.73 Å². The van der Waals surface area contributed by atoms with Gasteiger partial charge in [0.2, 0.25) is 0 Å². The van der Waals surface area contributed by atoms with E-state index in [0.717, 1.165) is 18.3 Å². The maximum Gasteiger partial charge on any atom is 0.0315 e. The van der Waals surface area contributed by atoms with E-state index in [9.17, 15) is 0 Å². The summed E-state index contributed by atoms with van der Waals surface area (Å²) in [6.07, 6.45) is 4.70. The first-order valence-electron chi connectivity index (χ1n) is 5.99. The lowest BCUT2D eigenvalue weighted by Gasteiger charge is -2.40. The Morgan fingerprint density at radius 1 is 1.44 bits per heavy atom. The molecule has 2 unspecified atom stereocenters. The van der Waals surface area contributed by atoms with Crippen LogP contribution in [0.5, 0.6) is 0 Å². The van der Waals surface area contributed by atoms with Gasteiger partial charge in [-0.15, -0.1) is 11.3 Å². The van der Waals surface area contributed by atoms with Crippen molar-refractivity contribution in [2.45, 2.75) is 45.1 Å². The Kier molecular flexibility index (Phi) is 3.77. The second-order valence-corrected chi connectivity index (χ2v) is 7.44. The molecule has 2 N–H and O–H groups in total. The Labute approximate surface area is 111 Å². The van der Waals surface area contributed by atoms with E-state index in [0.29, 0.717) is 0 Å². The first-order valence-corrected chi connectivity index (χ1v) is 7.66. The molecule has 16 heavy (non-hydrogen) atoms. The van der Waals surface area contributed by atoms with Gasteiger partial charge >= 0.3 is 0 Å². The lowest BCUT2D eigenvalue weighted by Crippen LogP contribution is -2.47. The van der Waals surface area contributed by atoms with Gasteiger partial charge in [0, 0.05) is 21.3 Å². The first kappa shape index (κ1) is 12.6.